The number of carbonyl (C=O) groups is 12. The van der Waals surface area contributed by atoms with Crippen molar-refractivity contribution in [3.63, 3.8) is 0 Å². The molecule has 1 fully saturated rings. The van der Waals surface area contributed by atoms with E-state index in [1.807, 2.05) is 114 Å². The Morgan fingerprint density at radius 2 is 0.730 bits per heavy atom. The molecule has 0 saturated carbocycles. The summed E-state index contributed by atoms with van der Waals surface area (Å²) in [6.45, 7) is 39.7. The Labute approximate surface area is 604 Å². The zero-order chi connectivity index (χ0) is 76.6. The van der Waals surface area contributed by atoms with Crippen LogP contribution in [0, 0.1) is 42.4 Å². The van der Waals surface area contributed by atoms with Gasteiger partial charge in [-0.15, -0.1) is 5.06 Å². The molecule has 1 aliphatic rings. The lowest BCUT2D eigenvalue weighted by Crippen LogP contribution is -2.33. The Balaban J connectivity index is -0.000000581. The number of unbranched alkanes of at least 4 members (excludes halogenated alkanes) is 6. The Morgan fingerprint density at radius 1 is 0.400 bits per heavy atom. The van der Waals surface area contributed by atoms with Gasteiger partial charge in [0.15, 0.2) is 5.11 Å². The van der Waals surface area contributed by atoms with E-state index in [0.717, 1.165) is 57.4 Å². The third-order valence-corrected chi connectivity index (χ3v) is 13.9. The second-order valence-corrected chi connectivity index (χ2v) is 26.1. The van der Waals surface area contributed by atoms with E-state index in [9.17, 15) is 57.5 Å². The van der Waals surface area contributed by atoms with Gasteiger partial charge < -0.3 is 76.5 Å². The molecule has 0 unspecified atom stereocenters. The number of ether oxygens (including phenoxy) is 3. The van der Waals surface area contributed by atoms with E-state index in [1.54, 1.807) is 13.8 Å². The molecule has 576 valence electrons. The molecular weight excluding hydrogens is 1300 g/mol. The number of hydrogen-bond acceptors (Lipinski definition) is 17. The number of hydrogen-bond donors (Lipinski definition) is 9. The normalized spacial score (nSPS) is 11.2. The summed E-state index contributed by atoms with van der Waals surface area (Å²) in [5.41, 5.74) is 2.17. The van der Waals surface area contributed by atoms with Gasteiger partial charge in [0.2, 0.25) is 41.4 Å². The predicted octanol–water partition coefficient (Wildman–Crippen LogP) is 8.69. The Morgan fingerprint density at radius 3 is 1.09 bits per heavy atom. The minimum absolute atomic E-state index is 0.00638. The lowest BCUT2D eigenvalue weighted by atomic mass is 10.1. The van der Waals surface area contributed by atoms with Gasteiger partial charge in [-0.2, -0.15) is 0 Å². The molecule has 0 atom stereocenters. The number of aryl methyl sites for hydroxylation is 1. The quantitative estimate of drug-likeness (QED) is 0.0167. The molecule has 1 aliphatic heterocycles. The van der Waals surface area contributed by atoms with Gasteiger partial charge in [0.1, 0.15) is 11.6 Å². The second kappa shape index (κ2) is 66.6. The van der Waals surface area contributed by atoms with Crippen molar-refractivity contribution in [1.82, 2.24) is 47.6 Å². The van der Waals surface area contributed by atoms with E-state index in [-0.39, 0.29) is 108 Å². The summed E-state index contributed by atoms with van der Waals surface area (Å²) in [5.74, 6) is -0.664. The highest BCUT2D eigenvalue weighted by molar-refractivity contribution is 7.80. The maximum absolute atomic E-state index is 11.7. The minimum atomic E-state index is -0.597. The zero-order valence-corrected chi connectivity index (χ0v) is 64.9. The van der Waals surface area contributed by atoms with Gasteiger partial charge >= 0.3 is 5.97 Å². The van der Waals surface area contributed by atoms with Crippen LogP contribution in [0.15, 0.2) is 24.3 Å². The molecule has 0 spiro atoms. The Kier molecular flexibility index (Phi) is 66.2. The molecule has 26 nitrogen and oxygen atoms in total. The molecule has 1 heterocycles. The van der Waals surface area contributed by atoms with Gasteiger partial charge in [-0.3, -0.25) is 43.2 Å². The number of anilines is 1. The number of ketones is 2. The van der Waals surface area contributed by atoms with Crippen LogP contribution in [0.1, 0.15) is 225 Å². The van der Waals surface area contributed by atoms with Crippen LogP contribution in [-0.2, 0) is 76.6 Å². The Hall–Kier alpha value is -6.97. The Bertz CT molecular complexity index is 2360. The molecule has 100 heavy (non-hydrogen) atoms. The summed E-state index contributed by atoms with van der Waals surface area (Å²) in [6.07, 6.45) is 12.0. The molecule has 1 aromatic rings. The van der Waals surface area contributed by atoms with E-state index in [0.29, 0.717) is 121 Å². The highest BCUT2D eigenvalue weighted by Gasteiger charge is 2.32. The lowest BCUT2D eigenvalue weighted by molar-refractivity contribution is -0.197. The maximum atomic E-state index is 11.7. The summed E-state index contributed by atoms with van der Waals surface area (Å²) in [5, 5.41) is 26.8. The van der Waals surface area contributed by atoms with E-state index >= 15 is 0 Å². The van der Waals surface area contributed by atoms with Crippen LogP contribution < -0.4 is 47.9 Å². The summed E-state index contributed by atoms with van der Waals surface area (Å²) < 4.78 is 15.9. The molecular formula is C73H132N10O16S. The topological polar surface area (TPSA) is 353 Å². The molecule has 9 N–H and O–H groups in total. The number of Topliss-reactive ketones (excluding diaryl/α,β-unsaturated/α-hetero) is 2. The van der Waals surface area contributed by atoms with Crippen molar-refractivity contribution >= 4 is 93.7 Å². The molecule has 0 bridgehead atoms. The fraction of sp³-hybridized carbons (Fsp3) is 0.740. The van der Waals surface area contributed by atoms with Crippen LogP contribution in [0.4, 0.5) is 5.69 Å². The monoisotopic (exact) mass is 1440 g/mol. The maximum Gasteiger partial charge on any atom is 0.333 e. The van der Waals surface area contributed by atoms with Crippen molar-refractivity contribution in [2.24, 2.45) is 35.5 Å². The average molecular weight is 1440 g/mol. The van der Waals surface area contributed by atoms with Crippen molar-refractivity contribution in [2.45, 2.75) is 227 Å². The highest BCUT2D eigenvalue weighted by atomic mass is 32.1. The summed E-state index contributed by atoms with van der Waals surface area (Å²) in [7, 11) is 0. The third kappa shape index (κ3) is 66.9. The van der Waals surface area contributed by atoms with Gasteiger partial charge in [-0.25, -0.2) is 4.79 Å². The van der Waals surface area contributed by atoms with Crippen LogP contribution in [0.2, 0.25) is 0 Å². The molecule has 9 amide bonds. The average Bonchev–Trinajstić information content (AvgIpc) is 1.73. The number of imide groups is 1. The standard InChI is InChI=1S/C20H33N3O7.C16H25N3O2S.C10H21NO.2C9H17NO2.C9H19NO2/c1-15(2)20(28)22-12-14-29-13-11-21-16(24)7-5-3-4-6-8-19(27)30-23-17(25)9-10-18(23)26;1-12(2)15(20)17-8-10-21-11-9-18-16(22)19-14-6-4-13(3)5-7-14;1-4-5-6-7-8-11-10(12)9(2)3;2*1-7(2)9(12)10-6-4-5-8(3)11;1-4-6-12-7-5-10-9(11)8(2)3/h15H,3-14H2,1-2H3,(H,21,24)(H,22,28);4-7,12H,8-11H2,1-3H3,(H,17,20)(H2,18,19,22);9H,4-8H2,1-3H3,(H,11,12);2*7H,4-6H2,1-3H3,(H,10,12);8H,4-7H2,1-3H3,(H,10,11). The predicted molar refractivity (Wildman–Crippen MR) is 397 cm³/mol. The molecule has 0 radical (unpaired) electrons. The van der Waals surface area contributed by atoms with Crippen LogP contribution in [0.5, 0.6) is 0 Å². The number of hydroxylamine groups is 2. The molecule has 1 aromatic carbocycles. The number of carbonyl (C=O) groups excluding carboxylic acids is 12. The number of thiocarbonyl (C=S) groups is 1. The third-order valence-electron chi connectivity index (χ3n) is 13.6. The number of rotatable bonds is 45. The first-order valence-corrected chi connectivity index (χ1v) is 36.5. The summed E-state index contributed by atoms with van der Waals surface area (Å²) in [6, 6.07) is 8.02. The lowest BCUT2D eigenvalue weighted by Gasteiger charge is -2.12. The smallest absolute Gasteiger partial charge is 0.333 e. The van der Waals surface area contributed by atoms with Crippen LogP contribution in [0.3, 0.4) is 0 Å². The van der Waals surface area contributed by atoms with E-state index in [4.69, 9.17) is 31.3 Å². The fourth-order valence-electron chi connectivity index (χ4n) is 7.39. The fourth-order valence-corrected chi connectivity index (χ4v) is 7.61. The molecule has 1 saturated heterocycles. The number of benzene rings is 1. The van der Waals surface area contributed by atoms with Crippen LogP contribution in [0.25, 0.3) is 0 Å². The highest BCUT2D eigenvalue weighted by Crippen LogP contribution is 2.14. The SMILES string of the molecule is CC(=O)CCCNC(=O)C(C)C.CC(=O)CCCNC(=O)C(C)C.CC(C)C(=O)NCCOCCNC(=O)CCCCCCC(=O)ON1C(=O)CCC1=O.CCCCCCNC(=O)C(C)C.CCCOCCNC(=O)C(C)C.Cc1ccc(NC(=S)NCCOCCNC(=O)C(C)C)cc1. The van der Waals surface area contributed by atoms with Crippen molar-refractivity contribution in [2.75, 3.05) is 97.3 Å². The zero-order valence-electron chi connectivity index (χ0n) is 64.1. The van der Waals surface area contributed by atoms with E-state index in [1.165, 1.54) is 24.8 Å². The minimum Gasteiger partial charge on any atom is -0.380 e. The molecule has 0 aromatic heterocycles. The van der Waals surface area contributed by atoms with E-state index in [2.05, 4.69) is 61.7 Å². The number of nitrogens with one attached hydrogen (secondary N) is 9. The van der Waals surface area contributed by atoms with Crippen molar-refractivity contribution in [1.29, 1.82) is 0 Å². The molecule has 2 rings (SSSR count). The van der Waals surface area contributed by atoms with Crippen LogP contribution in [-0.4, -0.2) is 173 Å². The summed E-state index contributed by atoms with van der Waals surface area (Å²) >= 11 is 5.20. The van der Waals surface area contributed by atoms with Crippen molar-refractivity contribution < 1.29 is 76.6 Å². The number of amides is 9. The van der Waals surface area contributed by atoms with Gasteiger partial charge in [0.25, 0.3) is 11.8 Å². The molecule has 0 aliphatic carbocycles. The van der Waals surface area contributed by atoms with E-state index < -0.39 is 17.8 Å². The van der Waals surface area contributed by atoms with Gasteiger partial charge in [-0.1, -0.05) is 147 Å². The van der Waals surface area contributed by atoms with Crippen molar-refractivity contribution in [3.05, 3.63) is 29.8 Å². The molecule has 27 heteroatoms. The van der Waals surface area contributed by atoms with Gasteiger partial charge in [-0.05, 0) is 83.6 Å². The van der Waals surface area contributed by atoms with Crippen molar-refractivity contribution in [3.8, 4) is 0 Å². The van der Waals surface area contributed by atoms with Crippen LogP contribution >= 0.6 is 12.2 Å². The number of nitrogens with zero attached hydrogens (tertiary/aromatic N) is 1. The largest absolute Gasteiger partial charge is 0.380 e. The first-order valence-electron chi connectivity index (χ1n) is 36.1. The first-order chi connectivity index (χ1) is 47.2. The summed E-state index contributed by atoms with van der Waals surface area (Å²) in [4.78, 5) is 139. The second-order valence-electron chi connectivity index (χ2n) is 25.7. The first kappa shape index (κ1) is 99.4. The van der Waals surface area contributed by atoms with Gasteiger partial charge in [0, 0.05) is 139 Å². The van der Waals surface area contributed by atoms with Gasteiger partial charge in [0.05, 0.1) is 33.0 Å².